The van der Waals surface area contributed by atoms with E-state index in [1.165, 1.54) is 24.8 Å². The van der Waals surface area contributed by atoms with Crippen molar-refractivity contribution in [3.05, 3.63) is 77.5 Å². The molecule has 0 saturated heterocycles. The summed E-state index contributed by atoms with van der Waals surface area (Å²) in [6.07, 6.45) is -3.25. The molecule has 1 aromatic carbocycles. The number of nitrogens with zero attached hydrogens (tertiary/aromatic N) is 2. The molecule has 1 atom stereocenters. The monoisotopic (exact) mass is 458 g/mol. The lowest BCUT2D eigenvalue weighted by molar-refractivity contribution is -0.143. The zero-order valence-electron chi connectivity index (χ0n) is 16.4. The van der Waals surface area contributed by atoms with Crippen molar-refractivity contribution in [1.82, 2.24) is 5.01 Å². The van der Waals surface area contributed by atoms with Gasteiger partial charge in [-0.25, -0.2) is 9.80 Å². The van der Waals surface area contributed by atoms with E-state index < -0.39 is 35.4 Å². The predicted molar refractivity (Wildman–Crippen MR) is 102 cm³/mol. The Labute approximate surface area is 177 Å². The minimum absolute atomic E-state index is 0.0444. The highest BCUT2D eigenvalue weighted by Gasteiger charge is 2.37. The van der Waals surface area contributed by atoms with Gasteiger partial charge >= 0.3 is 18.3 Å². The van der Waals surface area contributed by atoms with E-state index in [0.29, 0.717) is 12.1 Å². The third-order valence-corrected chi connectivity index (χ3v) is 4.65. The van der Waals surface area contributed by atoms with Gasteiger partial charge in [-0.2, -0.15) is 31.4 Å². The molecule has 1 aliphatic rings. The number of carbonyl (C=O) groups is 1. The Morgan fingerprint density at radius 2 is 1.78 bits per heavy atom. The van der Waals surface area contributed by atoms with Crippen LogP contribution in [0.5, 0.6) is 0 Å². The fourth-order valence-electron chi connectivity index (χ4n) is 3.06. The molecule has 1 N–H and O–H groups in total. The number of benzene rings is 1. The molecule has 0 fully saturated rings. The number of alkyl halides is 6. The Balaban J connectivity index is 2.14. The van der Waals surface area contributed by atoms with Crippen LogP contribution in [-0.4, -0.2) is 21.8 Å². The van der Waals surface area contributed by atoms with Crippen LogP contribution in [0.4, 0.5) is 26.3 Å². The van der Waals surface area contributed by atoms with E-state index in [1.54, 1.807) is 13.0 Å². The number of rotatable bonds is 4. The number of hydrogen-bond donors (Lipinski definition) is 1. The maximum Gasteiger partial charge on any atom is 0.416 e. The lowest BCUT2D eigenvalue weighted by Crippen LogP contribution is -2.18. The van der Waals surface area contributed by atoms with Gasteiger partial charge in [-0.1, -0.05) is 13.0 Å². The van der Waals surface area contributed by atoms with Gasteiger partial charge in [0.05, 0.1) is 34.9 Å². The topological polar surface area (TPSA) is 66.0 Å². The maximum absolute atomic E-state index is 13.3. The summed E-state index contributed by atoms with van der Waals surface area (Å²) in [5, 5.41) is 14.7. The van der Waals surface area contributed by atoms with E-state index in [0.717, 1.165) is 11.2 Å². The molecular formula is C21H16F6N2O3. The Morgan fingerprint density at radius 3 is 2.28 bits per heavy atom. The molecule has 2 aromatic rings. The molecule has 1 aromatic heterocycles. The van der Waals surface area contributed by atoms with Gasteiger partial charge in [0.1, 0.15) is 0 Å². The highest BCUT2D eigenvalue weighted by Crippen LogP contribution is 2.37. The molecule has 2 heterocycles. The van der Waals surface area contributed by atoms with Crippen molar-refractivity contribution in [3.63, 3.8) is 0 Å². The SMILES string of the molecule is CC1CC=CN(C=C(C(=O)O)c2ccoc2)N=C1c1cc(C(F)(F)F)cc(C(F)(F)F)c1. The average molecular weight is 458 g/mol. The molecule has 32 heavy (non-hydrogen) atoms. The summed E-state index contributed by atoms with van der Waals surface area (Å²) < 4.78 is 84.4. The van der Waals surface area contributed by atoms with E-state index in [-0.39, 0.29) is 34.9 Å². The third-order valence-electron chi connectivity index (χ3n) is 4.65. The number of furan rings is 1. The largest absolute Gasteiger partial charge is 0.478 e. The number of hydrogen-bond acceptors (Lipinski definition) is 4. The third kappa shape index (κ3) is 5.21. The van der Waals surface area contributed by atoms with Crippen LogP contribution in [-0.2, 0) is 17.1 Å². The first-order chi connectivity index (χ1) is 14.9. The van der Waals surface area contributed by atoms with Crippen LogP contribution in [0.25, 0.3) is 5.57 Å². The van der Waals surface area contributed by atoms with Crippen LogP contribution in [0.1, 0.15) is 35.6 Å². The van der Waals surface area contributed by atoms with Gasteiger partial charge < -0.3 is 9.52 Å². The molecule has 11 heteroatoms. The van der Waals surface area contributed by atoms with Gasteiger partial charge in [-0.3, -0.25) is 0 Å². The standard InChI is InChI=1S/C21H16F6N2O3/c1-12-3-2-5-29(10-17(19(30)31)13-4-6-32-11-13)28-18(12)14-7-15(20(22,23)24)9-16(8-14)21(25,26)27/h2,4-12H,3H2,1H3,(H,30,31). The summed E-state index contributed by atoms with van der Waals surface area (Å²) in [5.41, 5.74) is -3.36. The molecule has 3 rings (SSSR count). The summed E-state index contributed by atoms with van der Waals surface area (Å²) >= 11 is 0. The zero-order chi connectivity index (χ0) is 23.7. The molecule has 0 spiro atoms. The minimum Gasteiger partial charge on any atom is -0.478 e. The molecule has 0 aliphatic carbocycles. The molecule has 5 nitrogen and oxygen atoms in total. The molecule has 170 valence electrons. The molecule has 0 saturated carbocycles. The van der Waals surface area contributed by atoms with E-state index >= 15 is 0 Å². The van der Waals surface area contributed by atoms with Gasteiger partial charge in [0, 0.05) is 23.9 Å². The van der Waals surface area contributed by atoms with Gasteiger partial charge in [-0.05, 0) is 36.2 Å². The van der Waals surface area contributed by atoms with Crippen LogP contribution in [0.15, 0.2) is 64.8 Å². The van der Waals surface area contributed by atoms with Crippen LogP contribution in [0, 0.1) is 5.92 Å². The van der Waals surface area contributed by atoms with Crippen molar-refractivity contribution >= 4 is 17.3 Å². The van der Waals surface area contributed by atoms with E-state index in [4.69, 9.17) is 4.42 Å². The van der Waals surface area contributed by atoms with Gasteiger partial charge in [0.25, 0.3) is 0 Å². The Bertz CT molecular complexity index is 1050. The highest BCUT2D eigenvalue weighted by atomic mass is 19.4. The highest BCUT2D eigenvalue weighted by molar-refractivity contribution is 6.15. The summed E-state index contributed by atoms with van der Waals surface area (Å²) in [6.45, 7) is 1.60. The fourth-order valence-corrected chi connectivity index (χ4v) is 3.06. The predicted octanol–water partition coefficient (Wildman–Crippen LogP) is 6.00. The summed E-state index contributed by atoms with van der Waals surface area (Å²) in [4.78, 5) is 11.6. The van der Waals surface area contributed by atoms with Gasteiger partial charge in [0.2, 0.25) is 0 Å². The lowest BCUT2D eigenvalue weighted by Gasteiger charge is -2.18. The first kappa shape index (κ1) is 23.2. The summed E-state index contributed by atoms with van der Waals surface area (Å²) in [7, 11) is 0. The smallest absolute Gasteiger partial charge is 0.416 e. The minimum atomic E-state index is -5.00. The normalized spacial score (nSPS) is 17.8. The van der Waals surface area contributed by atoms with Crippen molar-refractivity contribution in [3.8, 4) is 0 Å². The average Bonchev–Trinajstić information content (AvgIpc) is 3.15. The second-order valence-electron chi connectivity index (χ2n) is 7.04. The number of carboxylic acid groups (broad SMARTS) is 1. The molecular weight excluding hydrogens is 442 g/mol. The van der Waals surface area contributed by atoms with Crippen molar-refractivity contribution in [1.29, 1.82) is 0 Å². The molecule has 0 radical (unpaired) electrons. The van der Waals surface area contributed by atoms with Gasteiger partial charge in [-0.15, -0.1) is 0 Å². The first-order valence-electron chi connectivity index (χ1n) is 9.17. The van der Waals surface area contributed by atoms with Gasteiger partial charge in [0.15, 0.2) is 0 Å². The number of carboxylic acids is 1. The van der Waals surface area contributed by atoms with Crippen LogP contribution < -0.4 is 0 Å². The summed E-state index contributed by atoms with van der Waals surface area (Å²) in [6, 6.07) is 2.64. The first-order valence-corrected chi connectivity index (χ1v) is 9.17. The summed E-state index contributed by atoms with van der Waals surface area (Å²) in [5.74, 6) is -1.87. The van der Waals surface area contributed by atoms with Crippen LogP contribution in [0.2, 0.25) is 0 Å². The second kappa shape index (κ2) is 8.56. The molecule has 0 bridgehead atoms. The Kier molecular flexibility index (Phi) is 6.20. The molecule has 0 amide bonds. The van der Waals surface area contributed by atoms with E-state index in [2.05, 4.69) is 5.10 Å². The maximum atomic E-state index is 13.3. The number of halogens is 6. The molecule has 1 aliphatic heterocycles. The van der Waals surface area contributed by atoms with Crippen molar-refractivity contribution in [2.75, 3.05) is 0 Å². The Morgan fingerprint density at radius 1 is 1.16 bits per heavy atom. The number of hydrazone groups is 1. The van der Waals surface area contributed by atoms with Crippen molar-refractivity contribution < 1.29 is 40.7 Å². The number of aliphatic carboxylic acids is 1. The fraction of sp³-hybridized carbons (Fsp3) is 0.238. The molecule has 1 unspecified atom stereocenters. The van der Waals surface area contributed by atoms with E-state index in [1.807, 2.05) is 0 Å². The zero-order valence-corrected chi connectivity index (χ0v) is 16.4. The quantitative estimate of drug-likeness (QED) is 0.451. The Hall–Kier alpha value is -3.50. The van der Waals surface area contributed by atoms with Crippen molar-refractivity contribution in [2.45, 2.75) is 25.7 Å². The lowest BCUT2D eigenvalue weighted by atomic mass is 9.93. The van der Waals surface area contributed by atoms with E-state index in [9.17, 15) is 36.2 Å². The number of allylic oxidation sites excluding steroid dienone is 1. The van der Waals surface area contributed by atoms with Crippen LogP contribution in [0.3, 0.4) is 0 Å². The van der Waals surface area contributed by atoms with Crippen LogP contribution >= 0.6 is 0 Å². The second-order valence-corrected chi connectivity index (χ2v) is 7.04. The van der Waals surface area contributed by atoms with Crippen molar-refractivity contribution in [2.24, 2.45) is 11.0 Å².